The third-order valence-electron chi connectivity index (χ3n) is 4.10. The molecule has 13 nitrogen and oxygen atoms in total. The van der Waals surface area contributed by atoms with Crippen molar-refractivity contribution < 1.29 is 33.9 Å². The molecule has 0 bridgehead atoms. The lowest BCUT2D eigenvalue weighted by molar-refractivity contribution is -0.137. The molecule has 0 unspecified atom stereocenters. The van der Waals surface area contributed by atoms with E-state index in [1.807, 2.05) is 0 Å². The van der Waals surface area contributed by atoms with Gasteiger partial charge in [-0.1, -0.05) is 0 Å². The van der Waals surface area contributed by atoms with Crippen LogP contribution in [0.15, 0.2) is 0 Å². The van der Waals surface area contributed by atoms with E-state index in [4.69, 9.17) is 16.6 Å². The summed E-state index contributed by atoms with van der Waals surface area (Å²) in [5.74, 6) is -4.65. The second-order valence-corrected chi connectivity index (χ2v) is 7.24. The highest BCUT2D eigenvalue weighted by atomic mass is 32.1. The van der Waals surface area contributed by atoms with Crippen molar-refractivity contribution in [2.24, 2.45) is 11.5 Å². The topological polar surface area (TPSA) is 223 Å². The largest absolute Gasteiger partial charge is 0.481 e. The number of carboxylic acids is 1. The Labute approximate surface area is 184 Å². The monoisotopic (exact) mass is 462 g/mol. The molecule has 5 amide bonds. The van der Waals surface area contributed by atoms with Gasteiger partial charge in [-0.2, -0.15) is 12.6 Å². The second-order valence-electron chi connectivity index (χ2n) is 6.88. The fraction of sp³-hybridized carbons (Fsp3) is 0.647. The summed E-state index contributed by atoms with van der Waals surface area (Å²) in [6.07, 6.45) is -0.398. The Kier molecular flexibility index (Phi) is 12.2. The molecule has 0 saturated carbocycles. The van der Waals surface area contributed by atoms with Crippen LogP contribution >= 0.6 is 12.6 Å². The number of carbonyl (C=O) groups is 6. The van der Waals surface area contributed by atoms with Crippen LogP contribution in [0.1, 0.15) is 33.6 Å². The summed E-state index contributed by atoms with van der Waals surface area (Å²) in [5.41, 5.74) is 10.7. The van der Waals surface area contributed by atoms with Gasteiger partial charge in [-0.05, 0) is 27.2 Å². The first-order chi connectivity index (χ1) is 14.3. The number of nitrogens with one attached hydrogen (secondary N) is 4. The van der Waals surface area contributed by atoms with Crippen LogP contribution in [-0.2, 0) is 28.8 Å². The molecule has 0 aromatic carbocycles. The van der Waals surface area contributed by atoms with Crippen molar-refractivity contribution >= 4 is 48.1 Å². The number of primary amides is 1. The Balaban J connectivity index is 4.62. The van der Waals surface area contributed by atoms with Crippen molar-refractivity contribution in [2.75, 3.05) is 5.75 Å². The van der Waals surface area contributed by atoms with Gasteiger partial charge in [0.15, 0.2) is 0 Å². The average molecular weight is 463 g/mol. The van der Waals surface area contributed by atoms with Crippen molar-refractivity contribution in [2.45, 2.75) is 63.8 Å². The summed E-state index contributed by atoms with van der Waals surface area (Å²) in [4.78, 5) is 70.0. The highest BCUT2D eigenvalue weighted by Gasteiger charge is 2.26. The summed E-state index contributed by atoms with van der Waals surface area (Å²) in [6, 6.07) is -5.24. The molecule has 0 aliphatic carbocycles. The zero-order valence-electron chi connectivity index (χ0n) is 17.5. The highest BCUT2D eigenvalue weighted by molar-refractivity contribution is 7.80. The first kappa shape index (κ1) is 28.1. The van der Waals surface area contributed by atoms with E-state index in [9.17, 15) is 28.8 Å². The van der Waals surface area contributed by atoms with Gasteiger partial charge < -0.3 is 37.8 Å². The van der Waals surface area contributed by atoms with Crippen LogP contribution in [0.3, 0.4) is 0 Å². The first-order valence-electron chi connectivity index (χ1n) is 9.39. The standard InChI is InChI=1S/C17H30N6O7S/c1-7(14(27)21-9(3)16(29)23-11(6-31)13(19)26)20-15(28)8(2)22-17(30)10(18)4-5-12(24)25/h7-11,31H,4-6,18H2,1-3H3,(H2,19,26)(H,20,28)(H,21,27)(H,22,30)(H,23,29)(H,24,25)/t7-,8-,9-,10-,11-/m0/s1. The van der Waals surface area contributed by atoms with Crippen LogP contribution in [0.5, 0.6) is 0 Å². The van der Waals surface area contributed by atoms with Gasteiger partial charge in [0.1, 0.15) is 24.2 Å². The van der Waals surface area contributed by atoms with Crippen molar-refractivity contribution in [3.05, 3.63) is 0 Å². The van der Waals surface area contributed by atoms with Gasteiger partial charge in [0.2, 0.25) is 29.5 Å². The Morgan fingerprint density at radius 1 is 0.806 bits per heavy atom. The normalized spacial score (nSPS) is 15.4. The molecule has 0 spiro atoms. The minimum absolute atomic E-state index is 0.0161. The maximum atomic E-state index is 12.2. The van der Waals surface area contributed by atoms with Gasteiger partial charge >= 0.3 is 5.97 Å². The van der Waals surface area contributed by atoms with E-state index in [0.717, 1.165) is 0 Å². The van der Waals surface area contributed by atoms with Crippen LogP contribution in [0.2, 0.25) is 0 Å². The average Bonchev–Trinajstić information content (AvgIpc) is 2.68. The number of aliphatic carboxylic acids is 1. The minimum Gasteiger partial charge on any atom is -0.481 e. The lowest BCUT2D eigenvalue weighted by Crippen LogP contribution is -2.57. The molecule has 0 radical (unpaired) electrons. The number of carbonyl (C=O) groups excluding carboxylic acids is 5. The van der Waals surface area contributed by atoms with E-state index in [2.05, 4.69) is 33.9 Å². The fourth-order valence-electron chi connectivity index (χ4n) is 2.11. The van der Waals surface area contributed by atoms with Crippen LogP contribution in [0, 0.1) is 0 Å². The quantitative estimate of drug-likeness (QED) is 0.128. The molecule has 0 fully saturated rings. The van der Waals surface area contributed by atoms with E-state index in [1.54, 1.807) is 0 Å². The summed E-state index contributed by atoms with van der Waals surface area (Å²) in [7, 11) is 0. The summed E-state index contributed by atoms with van der Waals surface area (Å²) >= 11 is 3.90. The number of nitrogens with two attached hydrogens (primary N) is 2. The fourth-order valence-corrected chi connectivity index (χ4v) is 2.38. The Bertz CT molecular complexity index is 704. The van der Waals surface area contributed by atoms with Gasteiger partial charge in [-0.25, -0.2) is 0 Å². The first-order valence-corrected chi connectivity index (χ1v) is 10.0. The molecule has 0 aromatic rings. The zero-order chi connectivity index (χ0) is 24.3. The number of amides is 5. The van der Waals surface area contributed by atoms with Crippen LogP contribution in [0.25, 0.3) is 0 Å². The summed E-state index contributed by atoms with van der Waals surface area (Å²) in [5, 5.41) is 18.0. The van der Waals surface area contributed by atoms with Crippen molar-refractivity contribution in [3.63, 3.8) is 0 Å². The molecule has 14 heteroatoms. The Morgan fingerprint density at radius 2 is 1.19 bits per heavy atom. The molecule has 0 saturated heterocycles. The third kappa shape index (κ3) is 10.6. The van der Waals surface area contributed by atoms with Gasteiger partial charge in [0, 0.05) is 12.2 Å². The zero-order valence-corrected chi connectivity index (χ0v) is 18.4. The van der Waals surface area contributed by atoms with Crippen molar-refractivity contribution in [3.8, 4) is 0 Å². The Hall–Kier alpha value is -2.87. The van der Waals surface area contributed by atoms with E-state index < -0.39 is 65.7 Å². The molecule has 5 atom stereocenters. The smallest absolute Gasteiger partial charge is 0.303 e. The van der Waals surface area contributed by atoms with E-state index in [-0.39, 0.29) is 18.6 Å². The number of hydrogen-bond acceptors (Lipinski definition) is 8. The molecular weight excluding hydrogens is 432 g/mol. The number of hydrogen-bond donors (Lipinski definition) is 8. The van der Waals surface area contributed by atoms with Crippen LogP contribution < -0.4 is 32.7 Å². The lowest BCUT2D eigenvalue weighted by atomic mass is 10.1. The summed E-state index contributed by atoms with van der Waals surface area (Å²) < 4.78 is 0. The molecule has 0 aliphatic heterocycles. The highest BCUT2D eigenvalue weighted by Crippen LogP contribution is 1.97. The maximum Gasteiger partial charge on any atom is 0.303 e. The molecule has 0 rings (SSSR count). The lowest BCUT2D eigenvalue weighted by Gasteiger charge is -2.22. The number of rotatable bonds is 13. The van der Waals surface area contributed by atoms with Gasteiger partial charge in [0.05, 0.1) is 6.04 Å². The van der Waals surface area contributed by atoms with Gasteiger partial charge in [-0.15, -0.1) is 0 Å². The molecule has 0 aliphatic rings. The SMILES string of the molecule is C[C@H](NC(=O)[C@H](C)NC(=O)[C@@H](N)CCC(=O)O)C(=O)N[C@@H](C)C(=O)N[C@@H](CS)C(N)=O. The summed E-state index contributed by atoms with van der Waals surface area (Å²) in [6.45, 7) is 4.10. The predicted molar refractivity (Wildman–Crippen MR) is 113 cm³/mol. The maximum absolute atomic E-state index is 12.2. The van der Waals surface area contributed by atoms with E-state index in [1.165, 1.54) is 20.8 Å². The molecule has 9 N–H and O–H groups in total. The predicted octanol–water partition coefficient (Wildman–Crippen LogP) is -3.41. The van der Waals surface area contributed by atoms with Crippen LogP contribution in [-0.4, -0.2) is 76.6 Å². The van der Waals surface area contributed by atoms with E-state index >= 15 is 0 Å². The second kappa shape index (κ2) is 13.4. The van der Waals surface area contributed by atoms with Gasteiger partial charge in [-0.3, -0.25) is 28.8 Å². The molecule has 0 heterocycles. The molecule has 31 heavy (non-hydrogen) atoms. The third-order valence-corrected chi connectivity index (χ3v) is 4.47. The van der Waals surface area contributed by atoms with Crippen LogP contribution in [0.4, 0.5) is 0 Å². The number of carboxylic acid groups (broad SMARTS) is 1. The Morgan fingerprint density at radius 3 is 1.55 bits per heavy atom. The number of thiol groups is 1. The molecule has 176 valence electrons. The van der Waals surface area contributed by atoms with Crippen molar-refractivity contribution in [1.82, 2.24) is 21.3 Å². The molecule has 0 aromatic heterocycles. The van der Waals surface area contributed by atoms with E-state index in [0.29, 0.717) is 0 Å². The molecular formula is C17H30N6O7S. The van der Waals surface area contributed by atoms with Crippen molar-refractivity contribution in [1.29, 1.82) is 0 Å². The minimum atomic E-state index is -1.10. The van der Waals surface area contributed by atoms with Gasteiger partial charge in [0.25, 0.3) is 0 Å².